The third kappa shape index (κ3) is 2.51. The van der Waals surface area contributed by atoms with Gasteiger partial charge in [-0.3, -0.25) is 4.79 Å². The van der Waals surface area contributed by atoms with Crippen LogP contribution in [0.25, 0.3) is 0 Å². The molecule has 1 saturated heterocycles. The van der Waals surface area contributed by atoms with Crippen LogP contribution >= 0.6 is 0 Å². The second-order valence-corrected chi connectivity index (χ2v) is 3.95. The molecular formula is C12H14O6. The number of benzene rings is 1. The Bertz CT molecular complexity index is 406. The number of carbonyl (C=O) groups is 1. The van der Waals surface area contributed by atoms with Crippen molar-refractivity contribution in [3.05, 3.63) is 30.3 Å². The van der Waals surface area contributed by atoms with E-state index in [1.54, 1.807) is 30.3 Å². The van der Waals surface area contributed by atoms with Crippen LogP contribution < -0.4 is 4.74 Å². The molecule has 6 heteroatoms. The highest BCUT2D eigenvalue weighted by atomic mass is 16.7. The minimum Gasteiger partial charge on any atom is -0.462 e. The van der Waals surface area contributed by atoms with E-state index in [0.717, 1.165) is 0 Å². The van der Waals surface area contributed by atoms with Crippen LogP contribution in [0.3, 0.4) is 0 Å². The quantitative estimate of drug-likeness (QED) is 0.645. The summed E-state index contributed by atoms with van der Waals surface area (Å²) in [6.45, 7) is -0.533. The van der Waals surface area contributed by atoms with Crippen molar-refractivity contribution >= 4 is 5.78 Å². The lowest BCUT2D eigenvalue weighted by Gasteiger charge is -2.34. The molecule has 98 valence electrons. The maximum atomic E-state index is 11.5. The number of para-hydroxylation sites is 1. The van der Waals surface area contributed by atoms with E-state index in [1.807, 2.05) is 0 Å². The molecule has 1 aliphatic heterocycles. The van der Waals surface area contributed by atoms with Crippen LogP contribution in [0.15, 0.2) is 30.3 Å². The van der Waals surface area contributed by atoms with E-state index >= 15 is 0 Å². The van der Waals surface area contributed by atoms with Crippen molar-refractivity contribution in [1.82, 2.24) is 0 Å². The van der Waals surface area contributed by atoms with Gasteiger partial charge in [0.05, 0.1) is 6.61 Å². The Hall–Kier alpha value is -1.47. The molecule has 0 spiro atoms. The van der Waals surface area contributed by atoms with Crippen LogP contribution in [0.5, 0.6) is 5.75 Å². The van der Waals surface area contributed by atoms with Gasteiger partial charge >= 0.3 is 0 Å². The number of hydrogen-bond donors (Lipinski definition) is 3. The molecule has 1 aromatic carbocycles. The van der Waals surface area contributed by atoms with Crippen molar-refractivity contribution in [2.75, 3.05) is 6.61 Å². The maximum Gasteiger partial charge on any atom is 0.233 e. The second-order valence-electron chi connectivity index (χ2n) is 3.95. The van der Waals surface area contributed by atoms with Crippen molar-refractivity contribution in [3.8, 4) is 5.75 Å². The summed E-state index contributed by atoms with van der Waals surface area (Å²) in [5.41, 5.74) is 0. The number of hydrogen-bond acceptors (Lipinski definition) is 6. The monoisotopic (exact) mass is 254 g/mol. The van der Waals surface area contributed by atoms with Crippen molar-refractivity contribution in [2.45, 2.75) is 24.6 Å². The van der Waals surface area contributed by atoms with E-state index in [9.17, 15) is 15.0 Å². The lowest BCUT2D eigenvalue weighted by molar-refractivity contribution is -0.229. The summed E-state index contributed by atoms with van der Waals surface area (Å²) in [6, 6.07) is 8.52. The van der Waals surface area contributed by atoms with Gasteiger partial charge in [0.25, 0.3) is 0 Å². The molecule has 1 heterocycles. The molecule has 6 nitrogen and oxygen atoms in total. The lowest BCUT2D eigenvalue weighted by atomic mass is 10.0. The van der Waals surface area contributed by atoms with Crippen molar-refractivity contribution in [2.24, 2.45) is 0 Å². The number of aliphatic hydroxyl groups is 3. The van der Waals surface area contributed by atoms with Gasteiger partial charge in [0.1, 0.15) is 18.0 Å². The van der Waals surface area contributed by atoms with Crippen LogP contribution in [0.2, 0.25) is 0 Å². The van der Waals surface area contributed by atoms with Crippen LogP contribution in [0.1, 0.15) is 0 Å². The summed E-state index contributed by atoms with van der Waals surface area (Å²) in [7, 11) is 0. The molecular weight excluding hydrogens is 240 g/mol. The fourth-order valence-electron chi connectivity index (χ4n) is 1.68. The van der Waals surface area contributed by atoms with Crippen molar-refractivity contribution < 1.29 is 29.6 Å². The van der Waals surface area contributed by atoms with Gasteiger partial charge in [0, 0.05) is 0 Å². The van der Waals surface area contributed by atoms with E-state index in [2.05, 4.69) is 0 Å². The molecule has 3 N–H and O–H groups in total. The number of carbonyl (C=O) groups excluding carboxylic acids is 1. The predicted molar refractivity (Wildman–Crippen MR) is 59.8 cm³/mol. The third-order valence-electron chi connectivity index (χ3n) is 2.68. The van der Waals surface area contributed by atoms with E-state index < -0.39 is 37.0 Å². The Labute approximate surface area is 103 Å². The number of aliphatic hydroxyl groups excluding tert-OH is 3. The van der Waals surface area contributed by atoms with Crippen LogP contribution in [-0.4, -0.2) is 52.3 Å². The fourth-order valence-corrected chi connectivity index (χ4v) is 1.68. The molecule has 1 aliphatic rings. The molecule has 0 bridgehead atoms. The SMILES string of the molecule is O=C1C(O)[C@@H](Oc2ccccc2)OC(CO)[C@H]1O. The van der Waals surface area contributed by atoms with Crippen LogP contribution in [-0.2, 0) is 9.53 Å². The number of ketones is 1. The Balaban J connectivity index is 2.10. The van der Waals surface area contributed by atoms with E-state index in [-0.39, 0.29) is 0 Å². The van der Waals surface area contributed by atoms with Crippen LogP contribution in [0.4, 0.5) is 0 Å². The van der Waals surface area contributed by atoms with Gasteiger partial charge in [-0.2, -0.15) is 0 Å². The lowest BCUT2D eigenvalue weighted by Crippen LogP contribution is -2.57. The zero-order valence-corrected chi connectivity index (χ0v) is 9.47. The smallest absolute Gasteiger partial charge is 0.233 e. The van der Waals surface area contributed by atoms with Gasteiger partial charge < -0.3 is 24.8 Å². The van der Waals surface area contributed by atoms with Crippen LogP contribution in [0, 0.1) is 0 Å². The topological polar surface area (TPSA) is 96.2 Å². The van der Waals surface area contributed by atoms with Crippen molar-refractivity contribution in [1.29, 1.82) is 0 Å². The minimum atomic E-state index is -1.58. The molecule has 0 saturated carbocycles. The normalized spacial score (nSPS) is 32.3. The number of Topliss-reactive ketones (excluding diaryl/α,β-unsaturated/α-hetero) is 1. The molecule has 1 aromatic rings. The highest BCUT2D eigenvalue weighted by Crippen LogP contribution is 2.21. The van der Waals surface area contributed by atoms with Gasteiger partial charge in [-0.15, -0.1) is 0 Å². The molecule has 1 fully saturated rings. The van der Waals surface area contributed by atoms with E-state index in [1.165, 1.54) is 0 Å². The minimum absolute atomic E-state index is 0.419. The largest absolute Gasteiger partial charge is 0.462 e. The van der Waals surface area contributed by atoms with Gasteiger partial charge in [-0.25, -0.2) is 0 Å². The molecule has 18 heavy (non-hydrogen) atoms. The summed E-state index contributed by atoms with van der Waals surface area (Å²) >= 11 is 0. The molecule has 0 aliphatic carbocycles. The zero-order valence-electron chi connectivity index (χ0n) is 9.47. The average molecular weight is 254 g/mol. The summed E-state index contributed by atoms with van der Waals surface area (Å²) in [5, 5.41) is 28.1. The van der Waals surface area contributed by atoms with Gasteiger partial charge in [-0.1, -0.05) is 18.2 Å². The van der Waals surface area contributed by atoms with Gasteiger partial charge in [0.15, 0.2) is 11.9 Å². The Morgan fingerprint density at radius 3 is 2.44 bits per heavy atom. The van der Waals surface area contributed by atoms with Crippen molar-refractivity contribution in [3.63, 3.8) is 0 Å². The first-order valence-electron chi connectivity index (χ1n) is 5.51. The Morgan fingerprint density at radius 1 is 1.17 bits per heavy atom. The highest BCUT2D eigenvalue weighted by Gasteiger charge is 2.44. The third-order valence-corrected chi connectivity index (χ3v) is 2.68. The predicted octanol–water partition coefficient (Wildman–Crippen LogP) is -0.927. The van der Waals surface area contributed by atoms with E-state index in [0.29, 0.717) is 5.75 Å². The molecule has 0 aromatic heterocycles. The molecule has 4 atom stereocenters. The first-order valence-corrected chi connectivity index (χ1v) is 5.51. The maximum absolute atomic E-state index is 11.5. The molecule has 2 unspecified atom stereocenters. The van der Waals surface area contributed by atoms with Gasteiger partial charge in [0.2, 0.25) is 6.29 Å². The Morgan fingerprint density at radius 2 is 1.83 bits per heavy atom. The fraction of sp³-hybridized carbons (Fsp3) is 0.417. The highest BCUT2D eigenvalue weighted by molar-refractivity contribution is 5.88. The van der Waals surface area contributed by atoms with Gasteiger partial charge in [-0.05, 0) is 12.1 Å². The summed E-state index contributed by atoms with van der Waals surface area (Å²) < 4.78 is 10.4. The van der Waals surface area contributed by atoms with E-state index in [4.69, 9.17) is 14.6 Å². The number of ether oxygens (including phenoxy) is 2. The zero-order chi connectivity index (χ0) is 13.1. The first kappa shape index (κ1) is 13.0. The second kappa shape index (κ2) is 5.45. The molecule has 0 radical (unpaired) electrons. The summed E-state index contributed by atoms with van der Waals surface area (Å²) in [6.07, 6.45) is -5.45. The number of rotatable bonds is 3. The standard InChI is InChI=1S/C12H14O6/c13-6-8-9(14)10(15)11(16)12(18-8)17-7-4-2-1-3-5-7/h1-5,8-9,11-14,16H,6H2/t8?,9-,11?,12+/m1/s1. The molecule has 0 amide bonds. The average Bonchev–Trinajstić information content (AvgIpc) is 2.40. The molecule has 2 rings (SSSR count). The summed E-state index contributed by atoms with van der Waals surface area (Å²) in [4.78, 5) is 11.5. The first-order chi connectivity index (χ1) is 8.63. The summed E-state index contributed by atoms with van der Waals surface area (Å²) in [5.74, 6) is -0.399. The Kier molecular flexibility index (Phi) is 3.93.